The standard InChI is InChI=1S/C27H32N/c1-4-7-8-11-21-14-15-25-24(20-21)26-23-13-10-9-12-22(23)16-18-28(26)19-17-27(25,5-2)6-3/h9-10,12-20H,4-8,11H2,1-3H3/q+1. The molecule has 2 heterocycles. The Morgan fingerprint density at radius 2 is 1.71 bits per heavy atom. The molecule has 1 aliphatic rings. The van der Waals surface area contributed by atoms with Crippen molar-refractivity contribution in [2.75, 3.05) is 0 Å². The Bertz CT molecular complexity index is 1010. The average molecular weight is 371 g/mol. The van der Waals surface area contributed by atoms with Gasteiger partial charge >= 0.3 is 0 Å². The Morgan fingerprint density at radius 1 is 0.893 bits per heavy atom. The molecule has 0 saturated heterocycles. The molecule has 0 spiro atoms. The summed E-state index contributed by atoms with van der Waals surface area (Å²) in [7, 11) is 0. The van der Waals surface area contributed by atoms with Gasteiger partial charge in [0.25, 0.3) is 0 Å². The maximum absolute atomic E-state index is 2.48. The van der Waals surface area contributed by atoms with Crippen LogP contribution >= 0.6 is 0 Å². The van der Waals surface area contributed by atoms with E-state index in [0.717, 1.165) is 12.8 Å². The molecule has 0 radical (unpaired) electrons. The highest BCUT2D eigenvalue weighted by molar-refractivity contribution is 5.94. The third-order valence-electron chi connectivity index (χ3n) is 6.65. The van der Waals surface area contributed by atoms with Gasteiger partial charge in [-0.25, -0.2) is 0 Å². The van der Waals surface area contributed by atoms with Gasteiger partial charge in [-0.3, -0.25) is 0 Å². The smallest absolute Gasteiger partial charge is 0.166 e. The van der Waals surface area contributed by atoms with Gasteiger partial charge in [-0.05, 0) is 60.4 Å². The van der Waals surface area contributed by atoms with Crippen LogP contribution in [0.3, 0.4) is 0 Å². The first kappa shape index (κ1) is 18.9. The molecule has 1 aromatic heterocycles. The number of unbranched alkanes of at least 4 members (excludes halogenated alkanes) is 2. The van der Waals surface area contributed by atoms with Crippen molar-refractivity contribution < 1.29 is 4.57 Å². The molecular weight excluding hydrogens is 338 g/mol. The third-order valence-corrected chi connectivity index (χ3v) is 6.65. The lowest BCUT2D eigenvalue weighted by Crippen LogP contribution is -2.28. The van der Waals surface area contributed by atoms with E-state index < -0.39 is 0 Å². The number of aromatic nitrogens is 1. The minimum Gasteiger partial charge on any atom is -0.166 e. The Morgan fingerprint density at radius 3 is 2.50 bits per heavy atom. The predicted molar refractivity (Wildman–Crippen MR) is 120 cm³/mol. The molecule has 1 aliphatic heterocycles. The molecule has 1 nitrogen and oxygen atoms in total. The summed E-state index contributed by atoms with van der Waals surface area (Å²) in [6.07, 6.45) is 14.2. The van der Waals surface area contributed by atoms with E-state index in [-0.39, 0.29) is 5.41 Å². The second-order valence-corrected chi connectivity index (χ2v) is 8.17. The molecule has 2 aromatic carbocycles. The minimum atomic E-state index is 0.102. The molecule has 0 saturated carbocycles. The lowest BCUT2D eigenvalue weighted by Gasteiger charge is -2.29. The van der Waals surface area contributed by atoms with Crippen molar-refractivity contribution in [1.29, 1.82) is 0 Å². The molecule has 1 heteroatoms. The van der Waals surface area contributed by atoms with Crippen molar-refractivity contribution in [3.05, 3.63) is 71.9 Å². The number of nitrogens with zero attached hydrogens (tertiary/aromatic N) is 1. The molecule has 0 unspecified atom stereocenters. The third kappa shape index (κ3) is 3.17. The van der Waals surface area contributed by atoms with Crippen molar-refractivity contribution in [3.8, 4) is 11.3 Å². The fraction of sp³-hybridized carbons (Fsp3) is 0.370. The first-order valence-corrected chi connectivity index (χ1v) is 11.0. The van der Waals surface area contributed by atoms with E-state index in [1.54, 1.807) is 0 Å². The summed E-state index contributed by atoms with van der Waals surface area (Å²) in [4.78, 5) is 0. The molecule has 0 amide bonds. The first-order chi connectivity index (χ1) is 13.7. The maximum Gasteiger partial charge on any atom is 0.226 e. The van der Waals surface area contributed by atoms with Crippen molar-refractivity contribution >= 4 is 17.0 Å². The van der Waals surface area contributed by atoms with Crippen LogP contribution in [0.4, 0.5) is 0 Å². The van der Waals surface area contributed by atoms with Crippen molar-refractivity contribution in [1.82, 2.24) is 0 Å². The van der Waals surface area contributed by atoms with Gasteiger partial charge in [0.15, 0.2) is 12.4 Å². The summed E-state index contributed by atoms with van der Waals surface area (Å²) in [5, 5.41) is 2.65. The van der Waals surface area contributed by atoms with Crippen LogP contribution in [-0.4, -0.2) is 0 Å². The molecule has 28 heavy (non-hydrogen) atoms. The number of hydrogen-bond acceptors (Lipinski definition) is 0. The Labute approximate surface area is 169 Å². The number of rotatable bonds is 6. The number of benzene rings is 2. The van der Waals surface area contributed by atoms with Crippen LogP contribution in [0.5, 0.6) is 0 Å². The second kappa shape index (κ2) is 7.91. The van der Waals surface area contributed by atoms with Crippen LogP contribution in [-0.2, 0) is 11.8 Å². The minimum absolute atomic E-state index is 0.102. The highest BCUT2D eigenvalue weighted by Gasteiger charge is 2.34. The van der Waals surface area contributed by atoms with Crippen molar-refractivity contribution in [3.63, 3.8) is 0 Å². The van der Waals surface area contributed by atoms with Gasteiger partial charge < -0.3 is 0 Å². The Kier molecular flexibility index (Phi) is 5.35. The molecule has 0 atom stereocenters. The molecule has 0 aliphatic carbocycles. The van der Waals surface area contributed by atoms with E-state index in [4.69, 9.17) is 0 Å². The molecule has 4 rings (SSSR count). The Hall–Kier alpha value is -2.41. The van der Waals surface area contributed by atoms with Gasteiger partial charge in [0, 0.05) is 11.5 Å². The fourth-order valence-corrected chi connectivity index (χ4v) is 4.78. The van der Waals surface area contributed by atoms with Gasteiger partial charge in [-0.1, -0.05) is 63.9 Å². The number of fused-ring (bicyclic) bond motifs is 5. The molecule has 144 valence electrons. The summed E-state index contributed by atoms with van der Waals surface area (Å²) >= 11 is 0. The SMILES string of the molecule is CCCCCc1ccc2c(c1)-c1c3ccccc3cc[n+]1C=CC2(CC)CC. The van der Waals surface area contributed by atoms with Gasteiger partial charge in [0.1, 0.15) is 0 Å². The average Bonchev–Trinajstić information content (AvgIpc) is 2.89. The summed E-state index contributed by atoms with van der Waals surface area (Å²) < 4.78 is 2.34. The van der Waals surface area contributed by atoms with Gasteiger partial charge in [0.05, 0.1) is 10.9 Å². The second-order valence-electron chi connectivity index (χ2n) is 8.17. The highest BCUT2D eigenvalue weighted by Crippen LogP contribution is 2.42. The largest absolute Gasteiger partial charge is 0.226 e. The quantitative estimate of drug-likeness (QED) is 0.323. The van der Waals surface area contributed by atoms with E-state index in [1.807, 2.05) is 0 Å². The molecule has 0 bridgehead atoms. The van der Waals surface area contributed by atoms with Crippen molar-refractivity contribution in [2.45, 2.75) is 64.7 Å². The van der Waals surface area contributed by atoms with E-state index in [2.05, 4.69) is 92.3 Å². The van der Waals surface area contributed by atoms with E-state index in [9.17, 15) is 0 Å². The van der Waals surface area contributed by atoms with E-state index in [1.165, 1.54) is 58.8 Å². The summed E-state index contributed by atoms with van der Waals surface area (Å²) in [6.45, 7) is 6.93. The first-order valence-electron chi connectivity index (χ1n) is 11.0. The van der Waals surface area contributed by atoms with Crippen LogP contribution in [0.2, 0.25) is 0 Å². The van der Waals surface area contributed by atoms with Gasteiger partial charge in [-0.2, -0.15) is 4.57 Å². The lowest BCUT2D eigenvalue weighted by molar-refractivity contribution is -0.554. The zero-order valence-corrected chi connectivity index (χ0v) is 17.5. The van der Waals surface area contributed by atoms with Crippen LogP contribution in [0, 0.1) is 0 Å². The van der Waals surface area contributed by atoms with Crippen LogP contribution < -0.4 is 4.57 Å². The fourth-order valence-electron chi connectivity index (χ4n) is 4.78. The van der Waals surface area contributed by atoms with E-state index in [0.29, 0.717) is 0 Å². The van der Waals surface area contributed by atoms with Gasteiger partial charge in [0.2, 0.25) is 5.69 Å². The van der Waals surface area contributed by atoms with Crippen LogP contribution in [0.15, 0.2) is 60.8 Å². The number of allylic oxidation sites excluding steroid dienone is 1. The lowest BCUT2D eigenvalue weighted by atomic mass is 9.73. The molecular formula is C27H32N+. The van der Waals surface area contributed by atoms with Crippen LogP contribution in [0.25, 0.3) is 28.2 Å². The molecule has 3 aromatic rings. The number of aryl methyl sites for hydroxylation is 1. The Balaban J connectivity index is 1.98. The molecule has 0 N–H and O–H groups in total. The number of hydrogen-bond donors (Lipinski definition) is 0. The summed E-state index contributed by atoms with van der Waals surface area (Å²) in [6, 6.07) is 18.3. The van der Waals surface area contributed by atoms with Gasteiger partial charge in [-0.15, -0.1) is 0 Å². The summed E-state index contributed by atoms with van der Waals surface area (Å²) in [5.74, 6) is 0. The normalized spacial score (nSPS) is 14.5. The van der Waals surface area contributed by atoms with Crippen LogP contribution in [0.1, 0.15) is 64.0 Å². The highest BCUT2D eigenvalue weighted by atomic mass is 14.9. The van der Waals surface area contributed by atoms with E-state index >= 15 is 0 Å². The maximum atomic E-state index is 2.48. The monoisotopic (exact) mass is 370 g/mol. The molecule has 0 fully saturated rings. The predicted octanol–water partition coefficient (Wildman–Crippen LogP) is 7.07. The number of pyridine rings is 1. The summed E-state index contributed by atoms with van der Waals surface area (Å²) in [5.41, 5.74) is 5.81. The zero-order valence-electron chi connectivity index (χ0n) is 17.5. The zero-order chi connectivity index (χ0) is 19.6. The van der Waals surface area contributed by atoms with Crippen molar-refractivity contribution in [2.24, 2.45) is 0 Å². The topological polar surface area (TPSA) is 3.88 Å².